The molecule has 0 bridgehead atoms. The van der Waals surface area contributed by atoms with Crippen molar-refractivity contribution >= 4 is 34.0 Å². The number of aromatic nitrogens is 1. The maximum Gasteiger partial charge on any atom is 0.227 e. The van der Waals surface area contributed by atoms with Crippen LogP contribution in [0.2, 0.25) is 0 Å². The molecular formula is C21H21N3O. The van der Waals surface area contributed by atoms with Gasteiger partial charge in [0.05, 0.1) is 11.2 Å². The normalized spacial score (nSPS) is 14.6. The lowest BCUT2D eigenvalue weighted by Crippen LogP contribution is -2.20. The number of hydrogen-bond donors (Lipinski definition) is 2. The summed E-state index contributed by atoms with van der Waals surface area (Å²) in [5, 5.41) is 7.42. The van der Waals surface area contributed by atoms with Crippen molar-refractivity contribution in [2.45, 2.75) is 25.7 Å². The molecule has 1 heterocycles. The lowest BCUT2D eigenvalue weighted by atomic mass is 10.1. The van der Waals surface area contributed by atoms with Crippen molar-refractivity contribution in [2.24, 2.45) is 5.92 Å². The van der Waals surface area contributed by atoms with E-state index >= 15 is 0 Å². The Balaban J connectivity index is 1.67. The Hall–Kier alpha value is -2.88. The maximum atomic E-state index is 12.6. The zero-order valence-corrected chi connectivity index (χ0v) is 14.0. The van der Waals surface area contributed by atoms with Gasteiger partial charge in [-0.3, -0.25) is 4.79 Å². The van der Waals surface area contributed by atoms with Gasteiger partial charge in [0.2, 0.25) is 5.91 Å². The molecule has 4 heteroatoms. The Bertz CT molecular complexity index is 886. The highest BCUT2D eigenvalue weighted by molar-refractivity contribution is 6.02. The molecule has 1 aliphatic rings. The number of pyridine rings is 1. The highest BCUT2D eigenvalue weighted by Crippen LogP contribution is 2.30. The molecule has 2 aromatic carbocycles. The number of anilines is 3. The third kappa shape index (κ3) is 3.48. The van der Waals surface area contributed by atoms with E-state index in [9.17, 15) is 4.79 Å². The van der Waals surface area contributed by atoms with Gasteiger partial charge in [0.1, 0.15) is 5.82 Å². The number of fused-ring (bicyclic) bond motifs is 1. The molecule has 1 aliphatic carbocycles. The van der Waals surface area contributed by atoms with Crippen LogP contribution in [-0.4, -0.2) is 10.9 Å². The molecule has 1 aromatic heterocycles. The van der Waals surface area contributed by atoms with Gasteiger partial charge in [0.25, 0.3) is 0 Å². The van der Waals surface area contributed by atoms with E-state index < -0.39 is 0 Å². The molecule has 3 aromatic rings. The van der Waals surface area contributed by atoms with E-state index in [0.29, 0.717) is 0 Å². The molecule has 0 radical (unpaired) electrons. The van der Waals surface area contributed by atoms with Crippen LogP contribution < -0.4 is 10.6 Å². The van der Waals surface area contributed by atoms with Crippen LogP contribution in [0.4, 0.5) is 17.2 Å². The molecule has 2 N–H and O–H groups in total. The molecule has 1 fully saturated rings. The van der Waals surface area contributed by atoms with Gasteiger partial charge in [-0.1, -0.05) is 49.2 Å². The topological polar surface area (TPSA) is 54.0 Å². The Morgan fingerprint density at radius 1 is 0.960 bits per heavy atom. The van der Waals surface area contributed by atoms with Crippen molar-refractivity contribution in [3.05, 3.63) is 60.7 Å². The van der Waals surface area contributed by atoms with Crippen LogP contribution in [0, 0.1) is 5.92 Å². The monoisotopic (exact) mass is 331 g/mol. The fraction of sp³-hybridized carbons (Fsp3) is 0.238. The first-order valence-corrected chi connectivity index (χ1v) is 8.82. The van der Waals surface area contributed by atoms with Gasteiger partial charge in [-0.25, -0.2) is 4.98 Å². The standard InChI is InChI=1S/C21H21N3O/c25-21(15-8-4-5-9-15)24-19-14-20(22-16-10-2-1-3-11-16)23-18-13-7-6-12-17(18)19/h1-3,6-7,10-15H,4-5,8-9H2,(H2,22,23,24,25). The summed E-state index contributed by atoms with van der Waals surface area (Å²) in [5.74, 6) is 0.989. The summed E-state index contributed by atoms with van der Waals surface area (Å²) in [7, 11) is 0. The van der Waals surface area contributed by atoms with Gasteiger partial charge in [-0.15, -0.1) is 0 Å². The predicted molar refractivity (Wildman–Crippen MR) is 102 cm³/mol. The van der Waals surface area contributed by atoms with Gasteiger partial charge in [0.15, 0.2) is 0 Å². The van der Waals surface area contributed by atoms with Crippen LogP contribution in [0.1, 0.15) is 25.7 Å². The lowest BCUT2D eigenvalue weighted by molar-refractivity contribution is -0.119. The van der Waals surface area contributed by atoms with Crippen LogP contribution in [0.25, 0.3) is 10.9 Å². The summed E-state index contributed by atoms with van der Waals surface area (Å²) in [6.07, 6.45) is 4.28. The Morgan fingerprint density at radius 2 is 1.68 bits per heavy atom. The average Bonchev–Trinajstić information content (AvgIpc) is 3.17. The number of benzene rings is 2. The molecule has 4 rings (SSSR count). The highest BCUT2D eigenvalue weighted by atomic mass is 16.1. The van der Waals surface area contributed by atoms with E-state index in [4.69, 9.17) is 0 Å². The molecule has 0 saturated heterocycles. The third-order valence-corrected chi connectivity index (χ3v) is 4.75. The Kier molecular flexibility index (Phi) is 4.34. The largest absolute Gasteiger partial charge is 0.340 e. The summed E-state index contributed by atoms with van der Waals surface area (Å²) in [4.78, 5) is 17.2. The zero-order valence-electron chi connectivity index (χ0n) is 14.0. The van der Waals surface area contributed by atoms with Crippen molar-refractivity contribution in [1.29, 1.82) is 0 Å². The predicted octanol–water partition coefficient (Wildman–Crippen LogP) is 5.11. The van der Waals surface area contributed by atoms with Crippen LogP contribution in [0.15, 0.2) is 60.7 Å². The number of nitrogens with zero attached hydrogens (tertiary/aromatic N) is 1. The van der Waals surface area contributed by atoms with E-state index in [2.05, 4.69) is 15.6 Å². The van der Waals surface area contributed by atoms with Gasteiger partial charge in [-0.2, -0.15) is 0 Å². The van der Waals surface area contributed by atoms with E-state index in [-0.39, 0.29) is 11.8 Å². The van der Waals surface area contributed by atoms with E-state index in [1.165, 1.54) is 0 Å². The highest BCUT2D eigenvalue weighted by Gasteiger charge is 2.23. The van der Waals surface area contributed by atoms with Crippen molar-refractivity contribution in [2.75, 3.05) is 10.6 Å². The lowest BCUT2D eigenvalue weighted by Gasteiger charge is -2.14. The number of para-hydroxylation sites is 2. The summed E-state index contributed by atoms with van der Waals surface area (Å²) in [5.41, 5.74) is 2.66. The Labute approximate surface area is 147 Å². The average molecular weight is 331 g/mol. The van der Waals surface area contributed by atoms with Crippen molar-refractivity contribution in [3.63, 3.8) is 0 Å². The molecule has 25 heavy (non-hydrogen) atoms. The smallest absolute Gasteiger partial charge is 0.227 e. The fourth-order valence-electron chi connectivity index (χ4n) is 3.44. The second-order valence-corrected chi connectivity index (χ2v) is 6.53. The minimum Gasteiger partial charge on any atom is -0.340 e. The first-order chi connectivity index (χ1) is 12.3. The fourth-order valence-corrected chi connectivity index (χ4v) is 3.44. The van der Waals surface area contributed by atoms with E-state index in [1.807, 2.05) is 60.7 Å². The summed E-state index contributed by atoms with van der Waals surface area (Å²) in [6.45, 7) is 0. The molecule has 1 saturated carbocycles. The summed E-state index contributed by atoms with van der Waals surface area (Å²) < 4.78 is 0. The number of hydrogen-bond acceptors (Lipinski definition) is 3. The quantitative estimate of drug-likeness (QED) is 0.699. The molecule has 0 atom stereocenters. The van der Waals surface area contributed by atoms with Crippen LogP contribution in [0.3, 0.4) is 0 Å². The SMILES string of the molecule is O=C(Nc1cc(Nc2ccccc2)nc2ccccc12)C1CCCC1. The van der Waals surface area contributed by atoms with Crippen LogP contribution in [-0.2, 0) is 4.79 Å². The van der Waals surface area contributed by atoms with Crippen molar-refractivity contribution < 1.29 is 4.79 Å². The third-order valence-electron chi connectivity index (χ3n) is 4.75. The molecule has 1 amide bonds. The maximum absolute atomic E-state index is 12.6. The molecule has 0 aliphatic heterocycles. The minimum absolute atomic E-state index is 0.125. The minimum atomic E-state index is 0.125. The van der Waals surface area contributed by atoms with Gasteiger partial charge in [0, 0.05) is 23.1 Å². The number of amides is 1. The number of carbonyl (C=O) groups excluding carboxylic acids is 1. The Morgan fingerprint density at radius 3 is 2.48 bits per heavy atom. The van der Waals surface area contributed by atoms with E-state index in [0.717, 1.165) is 53.8 Å². The molecule has 0 spiro atoms. The first kappa shape index (κ1) is 15.6. The zero-order chi connectivity index (χ0) is 17.1. The van der Waals surface area contributed by atoms with Crippen LogP contribution in [0.5, 0.6) is 0 Å². The van der Waals surface area contributed by atoms with Gasteiger partial charge in [-0.05, 0) is 31.0 Å². The summed E-state index contributed by atoms with van der Waals surface area (Å²) in [6, 6.07) is 19.7. The summed E-state index contributed by atoms with van der Waals surface area (Å²) >= 11 is 0. The number of carbonyl (C=O) groups is 1. The van der Waals surface area contributed by atoms with E-state index in [1.54, 1.807) is 0 Å². The van der Waals surface area contributed by atoms with Gasteiger partial charge >= 0.3 is 0 Å². The molecule has 126 valence electrons. The number of rotatable bonds is 4. The van der Waals surface area contributed by atoms with Crippen molar-refractivity contribution in [1.82, 2.24) is 4.98 Å². The first-order valence-electron chi connectivity index (χ1n) is 8.82. The molecular weight excluding hydrogens is 310 g/mol. The van der Waals surface area contributed by atoms with Crippen LogP contribution >= 0.6 is 0 Å². The van der Waals surface area contributed by atoms with Crippen molar-refractivity contribution in [3.8, 4) is 0 Å². The second-order valence-electron chi connectivity index (χ2n) is 6.53. The molecule has 4 nitrogen and oxygen atoms in total. The molecule has 0 unspecified atom stereocenters. The number of nitrogens with one attached hydrogen (secondary N) is 2. The van der Waals surface area contributed by atoms with Gasteiger partial charge < -0.3 is 10.6 Å². The second kappa shape index (κ2) is 6.93.